The monoisotopic (exact) mass is 367 g/mol. The van der Waals surface area contributed by atoms with E-state index in [4.69, 9.17) is 0 Å². The van der Waals surface area contributed by atoms with Crippen molar-refractivity contribution in [1.29, 1.82) is 0 Å². The quantitative estimate of drug-likeness (QED) is 0.767. The molecule has 8 heteroatoms. The second-order valence-corrected chi connectivity index (χ2v) is 6.65. The van der Waals surface area contributed by atoms with E-state index in [1.54, 1.807) is 41.2 Å². The number of hydrogen-bond acceptors (Lipinski definition) is 6. The zero-order chi connectivity index (χ0) is 18.8. The molecule has 0 bridgehead atoms. The Hall–Kier alpha value is -3.00. The Bertz CT molecular complexity index is 898. The number of nitrogens with zero attached hydrogens (tertiary/aromatic N) is 4. The van der Waals surface area contributed by atoms with Gasteiger partial charge in [-0.05, 0) is 18.6 Å². The summed E-state index contributed by atoms with van der Waals surface area (Å²) in [6.07, 6.45) is 3.79. The third-order valence-corrected chi connectivity index (χ3v) is 4.97. The van der Waals surface area contributed by atoms with Crippen LogP contribution in [-0.4, -0.2) is 59.0 Å². The summed E-state index contributed by atoms with van der Waals surface area (Å²) < 4.78 is 1.60. The van der Waals surface area contributed by atoms with Crippen molar-refractivity contribution in [1.82, 2.24) is 19.8 Å². The highest BCUT2D eigenvalue weighted by atomic mass is 16.2. The number of carbonyl (C=O) groups excluding carboxylic acids is 2. The lowest BCUT2D eigenvalue weighted by Gasteiger charge is -2.28. The van der Waals surface area contributed by atoms with Crippen LogP contribution in [0.25, 0.3) is 0 Å². The standard InChI is InChI=1S/C19H21N5O3/c25-17-14-4-1-2-5-15(14)18(26)24(17)10-3-9-23-13-8-21-16(19(23)27)22-11-6-20-7-12-22/h1-2,4-5,8,13,20H,3,6-7,9-12H2. The molecule has 27 heavy (non-hydrogen) atoms. The molecule has 2 aromatic rings. The lowest BCUT2D eigenvalue weighted by atomic mass is 10.1. The number of benzene rings is 1. The summed E-state index contributed by atoms with van der Waals surface area (Å²) in [5.41, 5.74) is 0.760. The highest BCUT2D eigenvalue weighted by molar-refractivity contribution is 6.21. The largest absolute Gasteiger partial charge is 0.349 e. The van der Waals surface area contributed by atoms with Crippen LogP contribution in [0.2, 0.25) is 0 Å². The molecule has 2 aliphatic rings. The van der Waals surface area contributed by atoms with Crippen molar-refractivity contribution in [3.63, 3.8) is 0 Å². The fourth-order valence-corrected chi connectivity index (χ4v) is 3.55. The van der Waals surface area contributed by atoms with Crippen LogP contribution in [-0.2, 0) is 6.54 Å². The summed E-state index contributed by atoms with van der Waals surface area (Å²) in [7, 11) is 0. The van der Waals surface area contributed by atoms with Gasteiger partial charge in [0.1, 0.15) is 0 Å². The second-order valence-electron chi connectivity index (χ2n) is 6.65. The zero-order valence-electron chi connectivity index (χ0n) is 14.9. The third-order valence-electron chi connectivity index (χ3n) is 4.97. The second kappa shape index (κ2) is 7.32. The number of aryl methyl sites for hydroxylation is 1. The van der Waals surface area contributed by atoms with Crippen molar-refractivity contribution in [3.05, 3.63) is 58.1 Å². The van der Waals surface area contributed by atoms with Gasteiger partial charge in [0.2, 0.25) is 0 Å². The van der Waals surface area contributed by atoms with Gasteiger partial charge in [-0.2, -0.15) is 0 Å². The van der Waals surface area contributed by atoms with Crippen molar-refractivity contribution in [2.24, 2.45) is 0 Å². The van der Waals surface area contributed by atoms with Crippen molar-refractivity contribution in [3.8, 4) is 0 Å². The van der Waals surface area contributed by atoms with Gasteiger partial charge < -0.3 is 14.8 Å². The van der Waals surface area contributed by atoms with Crippen LogP contribution in [0.1, 0.15) is 27.1 Å². The van der Waals surface area contributed by atoms with Crippen LogP contribution in [0.4, 0.5) is 5.82 Å². The van der Waals surface area contributed by atoms with Gasteiger partial charge in [-0.25, -0.2) is 4.98 Å². The van der Waals surface area contributed by atoms with E-state index in [1.807, 2.05) is 4.90 Å². The van der Waals surface area contributed by atoms with Gasteiger partial charge in [-0.3, -0.25) is 19.3 Å². The molecule has 2 aliphatic heterocycles. The molecule has 1 N–H and O–H groups in total. The van der Waals surface area contributed by atoms with Crippen LogP contribution in [0.3, 0.4) is 0 Å². The summed E-state index contributed by atoms with van der Waals surface area (Å²) in [6, 6.07) is 6.84. The smallest absolute Gasteiger partial charge is 0.293 e. The van der Waals surface area contributed by atoms with Crippen LogP contribution < -0.4 is 15.8 Å². The van der Waals surface area contributed by atoms with E-state index < -0.39 is 0 Å². The molecule has 140 valence electrons. The molecule has 1 aromatic heterocycles. The normalized spacial score (nSPS) is 16.7. The van der Waals surface area contributed by atoms with Crippen molar-refractivity contribution < 1.29 is 9.59 Å². The molecule has 1 aromatic carbocycles. The van der Waals surface area contributed by atoms with Crippen molar-refractivity contribution in [2.75, 3.05) is 37.6 Å². The van der Waals surface area contributed by atoms with Gasteiger partial charge in [0, 0.05) is 51.7 Å². The molecule has 0 saturated carbocycles. The van der Waals surface area contributed by atoms with Gasteiger partial charge in [-0.1, -0.05) is 12.1 Å². The van der Waals surface area contributed by atoms with Gasteiger partial charge in [0.25, 0.3) is 17.4 Å². The molecular formula is C19H21N5O3. The number of imide groups is 1. The lowest BCUT2D eigenvalue weighted by Crippen LogP contribution is -2.46. The lowest BCUT2D eigenvalue weighted by molar-refractivity contribution is 0.0650. The molecule has 4 rings (SSSR count). The summed E-state index contributed by atoms with van der Waals surface area (Å²) in [5, 5.41) is 3.25. The zero-order valence-corrected chi connectivity index (χ0v) is 14.9. The number of nitrogens with one attached hydrogen (secondary N) is 1. The summed E-state index contributed by atoms with van der Waals surface area (Å²) >= 11 is 0. The maximum absolute atomic E-state index is 12.7. The van der Waals surface area contributed by atoms with Crippen LogP contribution >= 0.6 is 0 Å². The molecule has 2 amide bonds. The first-order chi connectivity index (χ1) is 13.2. The number of anilines is 1. The van der Waals surface area contributed by atoms with Gasteiger partial charge in [0.15, 0.2) is 5.82 Å². The molecule has 0 unspecified atom stereocenters. The van der Waals surface area contributed by atoms with Crippen molar-refractivity contribution in [2.45, 2.75) is 13.0 Å². The van der Waals surface area contributed by atoms with E-state index in [1.165, 1.54) is 4.90 Å². The Morgan fingerprint density at radius 1 is 0.963 bits per heavy atom. The molecule has 1 fully saturated rings. The van der Waals surface area contributed by atoms with E-state index >= 15 is 0 Å². The summed E-state index contributed by atoms with van der Waals surface area (Å²) in [4.78, 5) is 45.0. The predicted molar refractivity (Wildman–Crippen MR) is 100 cm³/mol. The highest BCUT2D eigenvalue weighted by Gasteiger charge is 2.34. The Morgan fingerprint density at radius 3 is 2.30 bits per heavy atom. The van der Waals surface area contributed by atoms with Crippen LogP contribution in [0.5, 0.6) is 0 Å². The van der Waals surface area contributed by atoms with E-state index in [2.05, 4.69) is 10.3 Å². The minimum atomic E-state index is -0.265. The van der Waals surface area contributed by atoms with Crippen LogP contribution in [0, 0.1) is 0 Å². The molecule has 8 nitrogen and oxygen atoms in total. The molecule has 3 heterocycles. The highest BCUT2D eigenvalue weighted by Crippen LogP contribution is 2.22. The van der Waals surface area contributed by atoms with Crippen molar-refractivity contribution >= 4 is 17.6 Å². The summed E-state index contributed by atoms with van der Waals surface area (Å²) in [5.74, 6) is -0.0712. The molecule has 1 saturated heterocycles. The first kappa shape index (κ1) is 17.4. The number of fused-ring (bicyclic) bond motifs is 1. The molecular weight excluding hydrogens is 346 g/mol. The molecule has 0 atom stereocenters. The number of carbonyl (C=O) groups is 2. The number of hydrogen-bond donors (Lipinski definition) is 1. The van der Waals surface area contributed by atoms with E-state index in [0.29, 0.717) is 29.9 Å². The molecule has 0 aliphatic carbocycles. The first-order valence-corrected chi connectivity index (χ1v) is 9.13. The molecule has 0 spiro atoms. The minimum absolute atomic E-state index is 0.137. The maximum Gasteiger partial charge on any atom is 0.293 e. The topological polar surface area (TPSA) is 87.5 Å². The van der Waals surface area contributed by atoms with E-state index in [-0.39, 0.29) is 23.9 Å². The predicted octanol–water partition coefficient (Wildman–Crippen LogP) is 0.339. The number of aromatic nitrogens is 2. The first-order valence-electron chi connectivity index (χ1n) is 9.13. The Labute approximate surface area is 156 Å². The average Bonchev–Trinajstić information content (AvgIpc) is 2.95. The number of rotatable bonds is 5. The minimum Gasteiger partial charge on any atom is -0.349 e. The Morgan fingerprint density at radius 2 is 1.63 bits per heavy atom. The van der Waals surface area contributed by atoms with Gasteiger partial charge in [0.05, 0.1) is 11.1 Å². The van der Waals surface area contributed by atoms with Gasteiger partial charge >= 0.3 is 0 Å². The number of piperazine rings is 1. The van der Waals surface area contributed by atoms with Crippen LogP contribution in [0.15, 0.2) is 41.5 Å². The third kappa shape index (κ3) is 3.23. The van der Waals surface area contributed by atoms with Gasteiger partial charge in [-0.15, -0.1) is 0 Å². The average molecular weight is 367 g/mol. The maximum atomic E-state index is 12.7. The van der Waals surface area contributed by atoms with E-state index in [9.17, 15) is 14.4 Å². The van der Waals surface area contributed by atoms with E-state index in [0.717, 1.165) is 26.2 Å². The fourth-order valence-electron chi connectivity index (χ4n) is 3.55. The summed E-state index contributed by atoms with van der Waals surface area (Å²) in [6.45, 7) is 3.87. The Balaban J connectivity index is 1.42. The molecule has 0 radical (unpaired) electrons. The fraction of sp³-hybridized carbons (Fsp3) is 0.368. The number of amides is 2. The SMILES string of the molecule is O=C1c2ccccc2C(=O)N1CCCn1ccnc(N2CCNCC2)c1=O. The Kier molecular flexibility index (Phi) is 4.72.